The number of hydrogen-bond acceptors (Lipinski definition) is 3. The molecule has 1 aromatic heterocycles. The Labute approximate surface area is 89.9 Å². The Balaban J connectivity index is 2.91. The molecule has 16 heavy (non-hydrogen) atoms. The van der Waals surface area contributed by atoms with Crippen LogP contribution >= 0.6 is 0 Å². The number of aryl methyl sites for hydroxylation is 1. The Morgan fingerprint density at radius 1 is 1.56 bits per heavy atom. The maximum absolute atomic E-state index is 12.4. The van der Waals surface area contributed by atoms with Gasteiger partial charge < -0.3 is 5.73 Å². The summed E-state index contributed by atoms with van der Waals surface area (Å²) in [5.41, 5.74) is 5.00. The average molecular weight is 235 g/mol. The molecule has 1 atom stereocenters. The number of nitrogens with two attached hydrogens (primary N) is 1. The normalized spacial score (nSPS) is 13.8. The molecule has 2 N–H and O–H groups in total. The second-order valence-electron chi connectivity index (χ2n) is 3.50. The Morgan fingerprint density at radius 3 is 2.62 bits per heavy atom. The molecule has 1 heterocycles. The summed E-state index contributed by atoms with van der Waals surface area (Å²) in [6.45, 7) is 0.547. The highest BCUT2D eigenvalue weighted by molar-refractivity contribution is 4.96. The first-order valence-corrected chi connectivity index (χ1v) is 4.64. The van der Waals surface area contributed by atoms with Crippen molar-refractivity contribution < 1.29 is 13.2 Å². The molecule has 7 heteroatoms. The first kappa shape index (κ1) is 12.7. The van der Waals surface area contributed by atoms with E-state index in [-0.39, 0.29) is 0 Å². The highest BCUT2D eigenvalue weighted by Gasteiger charge is 2.38. The summed E-state index contributed by atoms with van der Waals surface area (Å²) in [5.74, 6) is -1.73. The number of nitrogens with zero attached hydrogens (tertiary/aromatic N) is 2. The molecule has 1 unspecified atom stereocenters. The largest absolute Gasteiger partial charge is 0.394 e. The Hall–Kier alpha value is -1.37. The van der Waals surface area contributed by atoms with Gasteiger partial charge in [-0.05, 0) is 6.92 Å². The van der Waals surface area contributed by atoms with Gasteiger partial charge in [-0.25, -0.2) is 4.98 Å². The summed E-state index contributed by atoms with van der Waals surface area (Å²) in [6, 6.07) is 1.18. The van der Waals surface area contributed by atoms with E-state index < -0.39 is 30.7 Å². The molecular weight excluding hydrogens is 223 g/mol. The van der Waals surface area contributed by atoms with Gasteiger partial charge in [0.1, 0.15) is 0 Å². The van der Waals surface area contributed by atoms with E-state index in [0.717, 1.165) is 10.9 Å². The van der Waals surface area contributed by atoms with E-state index in [9.17, 15) is 18.0 Å². The molecule has 0 amide bonds. The zero-order valence-electron chi connectivity index (χ0n) is 8.66. The van der Waals surface area contributed by atoms with Gasteiger partial charge in [-0.3, -0.25) is 9.36 Å². The standard InChI is InChI=1S/C9H12F3N3O/c1-6-2-8(16)15(5-14-6)4-7(3-13)9(10,11)12/h2,5,7H,3-4,13H2,1H3. The van der Waals surface area contributed by atoms with Crippen LogP contribution in [0, 0.1) is 12.8 Å². The van der Waals surface area contributed by atoms with Gasteiger partial charge >= 0.3 is 6.18 Å². The first-order valence-electron chi connectivity index (χ1n) is 4.64. The van der Waals surface area contributed by atoms with Crippen LogP contribution in [0.4, 0.5) is 13.2 Å². The number of halogens is 3. The van der Waals surface area contributed by atoms with E-state index in [0.29, 0.717) is 5.69 Å². The van der Waals surface area contributed by atoms with E-state index in [2.05, 4.69) is 4.98 Å². The molecule has 0 radical (unpaired) electrons. The summed E-state index contributed by atoms with van der Waals surface area (Å²) in [5, 5.41) is 0. The fraction of sp³-hybridized carbons (Fsp3) is 0.556. The molecule has 0 aliphatic rings. The zero-order valence-corrected chi connectivity index (χ0v) is 8.66. The van der Waals surface area contributed by atoms with Gasteiger partial charge in [0.2, 0.25) is 0 Å². The summed E-state index contributed by atoms with van der Waals surface area (Å²) in [7, 11) is 0. The minimum absolute atomic E-state index is 0.470. The van der Waals surface area contributed by atoms with Crippen molar-refractivity contribution in [2.24, 2.45) is 11.7 Å². The average Bonchev–Trinajstić information content (AvgIpc) is 2.14. The summed E-state index contributed by atoms with van der Waals surface area (Å²) < 4.78 is 38.1. The third kappa shape index (κ3) is 3.06. The van der Waals surface area contributed by atoms with Crippen LogP contribution in [0.25, 0.3) is 0 Å². The zero-order chi connectivity index (χ0) is 12.3. The molecule has 1 aromatic rings. The monoisotopic (exact) mass is 235 g/mol. The van der Waals surface area contributed by atoms with E-state index in [4.69, 9.17) is 5.73 Å². The van der Waals surface area contributed by atoms with Gasteiger partial charge in [-0.2, -0.15) is 13.2 Å². The molecule has 90 valence electrons. The van der Waals surface area contributed by atoms with Crippen molar-refractivity contribution in [3.8, 4) is 0 Å². The van der Waals surface area contributed by atoms with Crippen LogP contribution in [0.5, 0.6) is 0 Å². The van der Waals surface area contributed by atoms with Gasteiger partial charge in [-0.1, -0.05) is 0 Å². The van der Waals surface area contributed by atoms with Crippen LogP contribution in [0.3, 0.4) is 0 Å². The number of aromatic nitrogens is 2. The van der Waals surface area contributed by atoms with E-state index in [1.807, 2.05) is 0 Å². The minimum atomic E-state index is -4.40. The van der Waals surface area contributed by atoms with Crippen LogP contribution < -0.4 is 11.3 Å². The number of hydrogen-bond donors (Lipinski definition) is 1. The minimum Gasteiger partial charge on any atom is -0.330 e. The predicted octanol–water partition coefficient (Wildman–Crippen LogP) is 0.689. The first-order chi connectivity index (χ1) is 7.34. The lowest BCUT2D eigenvalue weighted by Crippen LogP contribution is -2.36. The van der Waals surface area contributed by atoms with Crippen molar-refractivity contribution in [2.75, 3.05) is 6.54 Å². The van der Waals surface area contributed by atoms with Crippen LogP contribution in [-0.4, -0.2) is 22.3 Å². The third-order valence-electron chi connectivity index (χ3n) is 2.18. The van der Waals surface area contributed by atoms with E-state index >= 15 is 0 Å². The van der Waals surface area contributed by atoms with Crippen molar-refractivity contribution in [3.63, 3.8) is 0 Å². The maximum Gasteiger partial charge on any atom is 0.394 e. The van der Waals surface area contributed by atoms with Gasteiger partial charge in [0.25, 0.3) is 5.56 Å². The fourth-order valence-electron chi connectivity index (χ4n) is 1.20. The van der Waals surface area contributed by atoms with Crippen molar-refractivity contribution in [2.45, 2.75) is 19.6 Å². The molecule has 4 nitrogen and oxygen atoms in total. The lowest BCUT2D eigenvalue weighted by Gasteiger charge is -2.19. The topological polar surface area (TPSA) is 60.9 Å². The lowest BCUT2D eigenvalue weighted by molar-refractivity contribution is -0.175. The molecule has 0 spiro atoms. The molecule has 0 aromatic carbocycles. The molecule has 0 fully saturated rings. The molecule has 0 saturated carbocycles. The van der Waals surface area contributed by atoms with Crippen molar-refractivity contribution in [1.82, 2.24) is 9.55 Å². The van der Waals surface area contributed by atoms with E-state index in [1.165, 1.54) is 6.07 Å². The highest BCUT2D eigenvalue weighted by Crippen LogP contribution is 2.26. The second-order valence-corrected chi connectivity index (χ2v) is 3.50. The molecule has 1 rings (SSSR count). The second kappa shape index (κ2) is 4.65. The smallest absolute Gasteiger partial charge is 0.330 e. The SMILES string of the molecule is Cc1cc(=O)n(CC(CN)C(F)(F)F)cn1. The van der Waals surface area contributed by atoms with Crippen molar-refractivity contribution >= 4 is 0 Å². The van der Waals surface area contributed by atoms with Gasteiger partial charge in [0.15, 0.2) is 0 Å². The Kier molecular flexibility index (Phi) is 3.69. The quantitative estimate of drug-likeness (QED) is 0.838. The van der Waals surface area contributed by atoms with Gasteiger partial charge in [-0.15, -0.1) is 0 Å². The number of alkyl halides is 3. The molecular formula is C9H12F3N3O. The summed E-state index contributed by atoms with van der Waals surface area (Å²) >= 11 is 0. The highest BCUT2D eigenvalue weighted by atomic mass is 19.4. The molecule has 0 saturated heterocycles. The molecule has 0 aliphatic carbocycles. The van der Waals surface area contributed by atoms with Crippen molar-refractivity contribution in [3.05, 3.63) is 28.4 Å². The molecule has 0 aliphatic heterocycles. The summed E-state index contributed by atoms with van der Waals surface area (Å²) in [6.07, 6.45) is -3.30. The van der Waals surface area contributed by atoms with Crippen LogP contribution in [0.15, 0.2) is 17.2 Å². The fourth-order valence-corrected chi connectivity index (χ4v) is 1.20. The van der Waals surface area contributed by atoms with Crippen LogP contribution in [0.1, 0.15) is 5.69 Å². The lowest BCUT2D eigenvalue weighted by atomic mass is 10.1. The third-order valence-corrected chi connectivity index (χ3v) is 2.18. The van der Waals surface area contributed by atoms with Crippen LogP contribution in [-0.2, 0) is 6.54 Å². The van der Waals surface area contributed by atoms with Crippen molar-refractivity contribution in [1.29, 1.82) is 0 Å². The van der Waals surface area contributed by atoms with E-state index in [1.54, 1.807) is 6.92 Å². The Bertz CT molecular complexity index is 413. The summed E-state index contributed by atoms with van der Waals surface area (Å²) in [4.78, 5) is 15.1. The van der Waals surface area contributed by atoms with Crippen LogP contribution in [0.2, 0.25) is 0 Å². The predicted molar refractivity (Wildman–Crippen MR) is 51.8 cm³/mol. The maximum atomic E-state index is 12.4. The number of rotatable bonds is 3. The molecule has 0 bridgehead atoms. The van der Waals surface area contributed by atoms with Gasteiger partial charge in [0, 0.05) is 24.8 Å². The van der Waals surface area contributed by atoms with Gasteiger partial charge in [0.05, 0.1) is 12.2 Å². The Morgan fingerprint density at radius 2 is 2.19 bits per heavy atom.